The molecule has 0 aromatic carbocycles. The Balaban J connectivity index is 4.63. The first-order valence-electron chi connectivity index (χ1n) is 3.69. The van der Waals surface area contributed by atoms with Crippen LogP contribution in [0.15, 0.2) is 0 Å². The first-order chi connectivity index (χ1) is 6.08. The number of methoxy groups -OCH3 is 2. The monoisotopic (exact) mass is 188 g/mol. The zero-order valence-corrected chi connectivity index (χ0v) is 7.77. The van der Waals surface area contributed by atoms with Gasteiger partial charge in [0, 0.05) is 5.92 Å². The minimum Gasteiger partial charge on any atom is -0.468 e. The van der Waals surface area contributed by atoms with Crippen molar-refractivity contribution in [3.8, 4) is 0 Å². The summed E-state index contributed by atoms with van der Waals surface area (Å²) in [5.41, 5.74) is 0. The van der Waals surface area contributed by atoms with E-state index in [1.54, 1.807) is 0 Å². The second-order valence-electron chi connectivity index (χ2n) is 2.52. The van der Waals surface area contributed by atoms with Crippen LogP contribution in [0.3, 0.4) is 0 Å². The van der Waals surface area contributed by atoms with Crippen molar-refractivity contribution in [2.75, 3.05) is 14.2 Å². The molecule has 0 radical (unpaired) electrons. The quantitative estimate of drug-likeness (QED) is 0.346. The summed E-state index contributed by atoms with van der Waals surface area (Å²) in [7, 11) is 2.30. The fraction of sp³-hybridized carbons (Fsp3) is 0.625. The smallest absolute Gasteiger partial charge is 0.320 e. The molecular weight excluding hydrogens is 176 g/mol. The summed E-state index contributed by atoms with van der Waals surface area (Å²) >= 11 is 0. The van der Waals surface area contributed by atoms with Gasteiger partial charge in [-0.15, -0.1) is 0 Å². The van der Waals surface area contributed by atoms with Crippen molar-refractivity contribution < 1.29 is 23.9 Å². The van der Waals surface area contributed by atoms with E-state index >= 15 is 0 Å². The van der Waals surface area contributed by atoms with Crippen LogP contribution < -0.4 is 0 Å². The Morgan fingerprint density at radius 2 is 1.54 bits per heavy atom. The molecule has 1 unspecified atom stereocenters. The van der Waals surface area contributed by atoms with Crippen LogP contribution in [0.25, 0.3) is 0 Å². The number of ether oxygens (including phenoxy) is 2. The molecule has 0 spiro atoms. The molecule has 0 fully saturated rings. The second-order valence-corrected chi connectivity index (χ2v) is 2.52. The highest BCUT2D eigenvalue weighted by Gasteiger charge is 2.33. The number of hydrogen-bond acceptors (Lipinski definition) is 5. The van der Waals surface area contributed by atoms with Gasteiger partial charge >= 0.3 is 11.9 Å². The summed E-state index contributed by atoms with van der Waals surface area (Å²) in [6.07, 6.45) is 0.512. The lowest BCUT2D eigenvalue weighted by atomic mass is 9.96. The molecule has 0 amide bonds. The van der Waals surface area contributed by atoms with Crippen LogP contribution in [0, 0.1) is 11.8 Å². The predicted octanol–water partition coefficient (Wildman–Crippen LogP) is -0.216. The molecule has 5 heteroatoms. The largest absolute Gasteiger partial charge is 0.468 e. The van der Waals surface area contributed by atoms with Gasteiger partial charge in [0.05, 0.1) is 14.2 Å². The number of aldehydes is 1. The van der Waals surface area contributed by atoms with E-state index in [9.17, 15) is 14.4 Å². The lowest BCUT2D eigenvalue weighted by molar-refractivity contribution is -0.162. The molecule has 0 aliphatic rings. The maximum atomic E-state index is 11.0. The van der Waals surface area contributed by atoms with Gasteiger partial charge in [0.2, 0.25) is 0 Å². The van der Waals surface area contributed by atoms with Gasteiger partial charge in [0.15, 0.2) is 5.92 Å². The standard InChI is InChI=1S/C8H12O5/c1-5(4-9)6(7(10)12-2)8(11)13-3/h4-6H,1-3H3. The van der Waals surface area contributed by atoms with E-state index in [1.165, 1.54) is 6.92 Å². The molecule has 0 N–H and O–H groups in total. The summed E-state index contributed by atoms with van der Waals surface area (Å²) in [5.74, 6) is -3.41. The zero-order chi connectivity index (χ0) is 10.4. The fourth-order valence-corrected chi connectivity index (χ4v) is 0.858. The molecule has 0 saturated carbocycles. The number of rotatable bonds is 4. The highest BCUT2D eigenvalue weighted by atomic mass is 16.5. The molecule has 0 aromatic heterocycles. The van der Waals surface area contributed by atoms with Crippen molar-refractivity contribution >= 4 is 18.2 Å². The Labute approximate surface area is 76.0 Å². The summed E-state index contributed by atoms with van der Waals surface area (Å²) in [5, 5.41) is 0. The third-order valence-electron chi connectivity index (χ3n) is 1.65. The van der Waals surface area contributed by atoms with Gasteiger partial charge in [-0.05, 0) is 0 Å². The summed E-state index contributed by atoms with van der Waals surface area (Å²) < 4.78 is 8.72. The highest BCUT2D eigenvalue weighted by molar-refractivity contribution is 5.97. The fourth-order valence-electron chi connectivity index (χ4n) is 0.858. The molecule has 0 bridgehead atoms. The van der Waals surface area contributed by atoms with Crippen molar-refractivity contribution in [2.24, 2.45) is 11.8 Å². The molecule has 0 aromatic rings. The van der Waals surface area contributed by atoms with Crippen molar-refractivity contribution in [2.45, 2.75) is 6.92 Å². The summed E-state index contributed by atoms with van der Waals surface area (Å²) in [6, 6.07) is 0. The lowest BCUT2D eigenvalue weighted by Gasteiger charge is -2.14. The third kappa shape index (κ3) is 2.85. The lowest BCUT2D eigenvalue weighted by Crippen LogP contribution is -2.32. The normalized spacial score (nSPS) is 12.0. The first kappa shape index (κ1) is 11.6. The molecule has 0 aliphatic carbocycles. The van der Waals surface area contributed by atoms with Gasteiger partial charge in [0.1, 0.15) is 6.29 Å². The molecular formula is C8H12O5. The van der Waals surface area contributed by atoms with Crippen LogP contribution >= 0.6 is 0 Å². The minimum atomic E-state index is -1.16. The first-order valence-corrected chi connectivity index (χ1v) is 3.69. The average molecular weight is 188 g/mol. The van der Waals surface area contributed by atoms with Crippen molar-refractivity contribution in [3.63, 3.8) is 0 Å². The Morgan fingerprint density at radius 1 is 1.15 bits per heavy atom. The van der Waals surface area contributed by atoms with Crippen LogP contribution in [-0.2, 0) is 23.9 Å². The van der Waals surface area contributed by atoms with Crippen molar-refractivity contribution in [3.05, 3.63) is 0 Å². The maximum Gasteiger partial charge on any atom is 0.320 e. The molecule has 74 valence electrons. The summed E-state index contributed by atoms with van der Waals surface area (Å²) in [6.45, 7) is 1.45. The predicted molar refractivity (Wildman–Crippen MR) is 42.8 cm³/mol. The Bertz CT molecular complexity index is 195. The SMILES string of the molecule is COC(=O)C(C(=O)OC)C(C)C=O. The van der Waals surface area contributed by atoms with E-state index in [4.69, 9.17) is 0 Å². The minimum absolute atomic E-state index is 0.512. The third-order valence-corrected chi connectivity index (χ3v) is 1.65. The van der Waals surface area contributed by atoms with Gasteiger partial charge in [-0.1, -0.05) is 6.92 Å². The van der Waals surface area contributed by atoms with Crippen molar-refractivity contribution in [1.82, 2.24) is 0 Å². The Kier molecular flexibility index (Phi) is 4.72. The van der Waals surface area contributed by atoms with Crippen LogP contribution in [-0.4, -0.2) is 32.4 Å². The van der Waals surface area contributed by atoms with E-state index in [2.05, 4.69) is 9.47 Å². The maximum absolute atomic E-state index is 11.0. The molecule has 0 aliphatic heterocycles. The summed E-state index contributed by atoms with van der Waals surface area (Å²) in [4.78, 5) is 32.4. The second kappa shape index (κ2) is 5.29. The van der Waals surface area contributed by atoms with E-state index in [0.29, 0.717) is 6.29 Å². The molecule has 0 rings (SSSR count). The van der Waals surface area contributed by atoms with Gasteiger partial charge < -0.3 is 14.3 Å². The van der Waals surface area contributed by atoms with E-state index < -0.39 is 23.8 Å². The van der Waals surface area contributed by atoms with E-state index in [1.807, 2.05) is 0 Å². The molecule has 0 heterocycles. The topological polar surface area (TPSA) is 69.7 Å². The number of esters is 2. The van der Waals surface area contributed by atoms with Gasteiger partial charge in [-0.3, -0.25) is 9.59 Å². The van der Waals surface area contributed by atoms with Gasteiger partial charge in [-0.25, -0.2) is 0 Å². The van der Waals surface area contributed by atoms with Gasteiger partial charge in [-0.2, -0.15) is 0 Å². The molecule has 0 saturated heterocycles. The Morgan fingerprint density at radius 3 is 1.77 bits per heavy atom. The zero-order valence-electron chi connectivity index (χ0n) is 7.77. The highest BCUT2D eigenvalue weighted by Crippen LogP contribution is 2.12. The van der Waals surface area contributed by atoms with Crippen molar-refractivity contribution in [1.29, 1.82) is 0 Å². The van der Waals surface area contributed by atoms with Crippen LogP contribution in [0.4, 0.5) is 0 Å². The molecule has 1 atom stereocenters. The van der Waals surface area contributed by atoms with Gasteiger partial charge in [0.25, 0.3) is 0 Å². The van der Waals surface area contributed by atoms with Crippen LogP contribution in [0.1, 0.15) is 6.92 Å². The van der Waals surface area contributed by atoms with Crippen LogP contribution in [0.2, 0.25) is 0 Å². The van der Waals surface area contributed by atoms with E-state index in [-0.39, 0.29) is 0 Å². The van der Waals surface area contributed by atoms with E-state index in [0.717, 1.165) is 14.2 Å². The molecule has 5 nitrogen and oxygen atoms in total. The number of carbonyl (C=O) groups excluding carboxylic acids is 3. The average Bonchev–Trinajstić information content (AvgIpc) is 2.16. The van der Waals surface area contributed by atoms with Crippen LogP contribution in [0.5, 0.6) is 0 Å². The number of carbonyl (C=O) groups is 3. The molecule has 13 heavy (non-hydrogen) atoms. The number of hydrogen-bond donors (Lipinski definition) is 0. The Hall–Kier alpha value is -1.39.